The first-order valence-corrected chi connectivity index (χ1v) is 7.42. The van der Waals surface area contributed by atoms with E-state index >= 15 is 0 Å². The fourth-order valence-corrected chi connectivity index (χ4v) is 2.89. The molecule has 1 aromatic carbocycles. The Balaban J connectivity index is 2.06. The van der Waals surface area contributed by atoms with E-state index in [1.165, 1.54) is 18.2 Å². The van der Waals surface area contributed by atoms with Crippen LogP contribution in [0.4, 0.5) is 18.9 Å². The molecule has 0 unspecified atom stereocenters. The summed E-state index contributed by atoms with van der Waals surface area (Å²) in [6, 6.07) is 5.05. The Morgan fingerprint density at radius 3 is 2.39 bits per heavy atom. The molecular weight excluding hydrogens is 305 g/mol. The molecule has 2 atom stereocenters. The number of hydrogen-bond donors (Lipinski definition) is 2. The third-order valence-electron chi connectivity index (χ3n) is 4.26. The average Bonchev–Trinajstić information content (AvgIpc) is 2.95. The van der Waals surface area contributed by atoms with Gasteiger partial charge in [-0.1, -0.05) is 37.6 Å². The van der Waals surface area contributed by atoms with Gasteiger partial charge in [-0.3, -0.25) is 15.6 Å². The number of rotatable bonds is 4. The minimum Gasteiger partial charge on any atom is -0.298 e. The van der Waals surface area contributed by atoms with Crippen molar-refractivity contribution in [1.82, 2.24) is 5.43 Å². The lowest BCUT2D eigenvalue weighted by molar-refractivity contribution is -0.137. The van der Waals surface area contributed by atoms with Crippen molar-refractivity contribution in [2.45, 2.75) is 33.9 Å². The highest BCUT2D eigenvalue weighted by atomic mass is 19.4. The molecule has 1 fully saturated rings. The topological polar surface area (TPSA) is 41.1 Å². The Morgan fingerprint density at radius 2 is 1.83 bits per heavy atom. The zero-order valence-electron chi connectivity index (χ0n) is 13.6. The van der Waals surface area contributed by atoms with Gasteiger partial charge in [0.15, 0.2) is 0 Å². The number of anilines is 1. The molecule has 0 bridgehead atoms. The third kappa shape index (κ3) is 3.68. The normalized spacial score (nSPS) is 22.2. The second kappa shape index (κ2) is 5.91. The molecular formula is C17H21F3N2O. The third-order valence-corrected chi connectivity index (χ3v) is 4.26. The fraction of sp³-hybridized carbons (Fsp3) is 0.471. The Kier molecular flexibility index (Phi) is 4.46. The van der Waals surface area contributed by atoms with Crippen LogP contribution in [0.2, 0.25) is 0 Å². The molecule has 1 amide bonds. The lowest BCUT2D eigenvalue weighted by atomic mass is 10.1. The minimum absolute atomic E-state index is 0.104. The van der Waals surface area contributed by atoms with Crippen molar-refractivity contribution < 1.29 is 18.0 Å². The predicted octanol–water partition coefficient (Wildman–Crippen LogP) is 4.39. The van der Waals surface area contributed by atoms with Crippen LogP contribution in [0, 0.1) is 17.3 Å². The molecule has 1 aromatic rings. The van der Waals surface area contributed by atoms with E-state index in [0.717, 1.165) is 11.6 Å². The van der Waals surface area contributed by atoms with Crippen LogP contribution in [0.5, 0.6) is 0 Å². The highest BCUT2D eigenvalue weighted by molar-refractivity contribution is 5.84. The Hall–Kier alpha value is -1.98. The average molecular weight is 326 g/mol. The molecule has 23 heavy (non-hydrogen) atoms. The van der Waals surface area contributed by atoms with Gasteiger partial charge in [-0.2, -0.15) is 13.2 Å². The van der Waals surface area contributed by atoms with E-state index in [1.807, 2.05) is 33.8 Å². The van der Waals surface area contributed by atoms with Crippen molar-refractivity contribution in [3.63, 3.8) is 0 Å². The number of nitrogens with one attached hydrogen (secondary N) is 2. The summed E-state index contributed by atoms with van der Waals surface area (Å²) in [5.41, 5.74) is 4.79. The van der Waals surface area contributed by atoms with Crippen molar-refractivity contribution >= 4 is 11.6 Å². The number of halogens is 3. The molecule has 2 rings (SSSR count). The van der Waals surface area contributed by atoms with Gasteiger partial charge in [0.05, 0.1) is 17.2 Å². The zero-order valence-corrected chi connectivity index (χ0v) is 13.6. The van der Waals surface area contributed by atoms with E-state index in [4.69, 9.17) is 0 Å². The van der Waals surface area contributed by atoms with Crippen LogP contribution in [0.25, 0.3) is 0 Å². The largest absolute Gasteiger partial charge is 0.418 e. The summed E-state index contributed by atoms with van der Waals surface area (Å²) in [6.07, 6.45) is -2.44. The summed E-state index contributed by atoms with van der Waals surface area (Å²) >= 11 is 0. The first-order chi connectivity index (χ1) is 10.5. The van der Waals surface area contributed by atoms with Crippen LogP contribution in [-0.2, 0) is 11.0 Å². The molecule has 1 saturated carbocycles. The van der Waals surface area contributed by atoms with Crippen LogP contribution in [0.1, 0.15) is 33.3 Å². The van der Waals surface area contributed by atoms with Gasteiger partial charge in [-0.25, -0.2) is 0 Å². The molecule has 2 N–H and O–H groups in total. The maximum atomic E-state index is 12.9. The summed E-state index contributed by atoms with van der Waals surface area (Å²) in [6.45, 7) is 7.87. The summed E-state index contributed by atoms with van der Waals surface area (Å²) in [7, 11) is 0. The Bertz CT molecular complexity index is 631. The van der Waals surface area contributed by atoms with Crippen LogP contribution < -0.4 is 10.9 Å². The van der Waals surface area contributed by atoms with Gasteiger partial charge in [0.25, 0.3) is 0 Å². The summed E-state index contributed by atoms with van der Waals surface area (Å²) < 4.78 is 38.7. The van der Waals surface area contributed by atoms with E-state index in [0.29, 0.717) is 0 Å². The number of amides is 1. The van der Waals surface area contributed by atoms with Gasteiger partial charge in [0, 0.05) is 0 Å². The van der Waals surface area contributed by atoms with Crippen LogP contribution in [0.15, 0.2) is 35.9 Å². The number of hydrazine groups is 1. The Labute approximate surface area is 133 Å². The molecule has 6 heteroatoms. The lowest BCUT2D eigenvalue weighted by Gasteiger charge is -2.15. The van der Waals surface area contributed by atoms with Crippen molar-refractivity contribution in [3.8, 4) is 0 Å². The summed E-state index contributed by atoms with van der Waals surface area (Å²) in [5, 5.41) is 0. The van der Waals surface area contributed by atoms with Gasteiger partial charge in [0.2, 0.25) is 5.91 Å². The molecule has 0 aromatic heterocycles. The lowest BCUT2D eigenvalue weighted by Crippen LogP contribution is -2.33. The van der Waals surface area contributed by atoms with Gasteiger partial charge in [0.1, 0.15) is 0 Å². The highest BCUT2D eigenvalue weighted by Gasteiger charge is 2.60. The van der Waals surface area contributed by atoms with E-state index in [9.17, 15) is 18.0 Å². The van der Waals surface area contributed by atoms with E-state index < -0.39 is 11.7 Å². The molecule has 126 valence electrons. The van der Waals surface area contributed by atoms with Crippen LogP contribution in [0.3, 0.4) is 0 Å². The first-order valence-electron chi connectivity index (χ1n) is 7.42. The smallest absolute Gasteiger partial charge is 0.298 e. The van der Waals surface area contributed by atoms with Crippen LogP contribution in [-0.4, -0.2) is 5.91 Å². The van der Waals surface area contributed by atoms with Gasteiger partial charge < -0.3 is 0 Å². The number of para-hydroxylation sites is 1. The first kappa shape index (κ1) is 17.4. The molecule has 0 radical (unpaired) electrons. The standard InChI is InChI=1S/C17H21F3N2O/c1-10(2)9-12-14(16(12,3)4)15(23)22-21-13-8-6-5-7-11(13)17(18,19)20/h5-9,12,14,21H,1-4H3,(H,22,23)/t12-,14-/m1/s1. The number of carbonyl (C=O) groups is 1. The maximum absolute atomic E-state index is 12.9. The fourth-order valence-electron chi connectivity index (χ4n) is 2.89. The van der Waals surface area contributed by atoms with Crippen molar-refractivity contribution in [3.05, 3.63) is 41.5 Å². The highest BCUT2D eigenvalue weighted by Crippen LogP contribution is 2.59. The molecule has 0 spiro atoms. The van der Waals surface area contributed by atoms with Crippen molar-refractivity contribution in [2.24, 2.45) is 17.3 Å². The maximum Gasteiger partial charge on any atom is 0.418 e. The second-order valence-corrected chi connectivity index (χ2v) is 6.73. The SMILES string of the molecule is CC(C)=C[C@@H]1[C@H](C(=O)NNc2ccccc2C(F)(F)F)C1(C)C. The monoisotopic (exact) mass is 326 g/mol. The van der Waals surface area contributed by atoms with Crippen molar-refractivity contribution in [2.75, 3.05) is 5.43 Å². The minimum atomic E-state index is -4.47. The van der Waals surface area contributed by atoms with Gasteiger partial charge in [-0.15, -0.1) is 0 Å². The molecule has 0 aliphatic heterocycles. The number of benzene rings is 1. The number of hydrogen-bond acceptors (Lipinski definition) is 2. The van der Waals surface area contributed by atoms with Gasteiger partial charge in [-0.05, 0) is 37.3 Å². The summed E-state index contributed by atoms with van der Waals surface area (Å²) in [5.74, 6) is -0.440. The van der Waals surface area contributed by atoms with Gasteiger partial charge >= 0.3 is 6.18 Å². The van der Waals surface area contributed by atoms with E-state index in [-0.39, 0.29) is 28.8 Å². The Morgan fingerprint density at radius 1 is 1.22 bits per heavy atom. The number of alkyl halides is 3. The number of allylic oxidation sites excluding steroid dienone is 2. The molecule has 1 aliphatic rings. The molecule has 1 aliphatic carbocycles. The van der Waals surface area contributed by atoms with Crippen molar-refractivity contribution in [1.29, 1.82) is 0 Å². The van der Waals surface area contributed by atoms with Crippen LogP contribution >= 0.6 is 0 Å². The second-order valence-electron chi connectivity index (χ2n) is 6.73. The van der Waals surface area contributed by atoms with E-state index in [1.54, 1.807) is 0 Å². The zero-order chi connectivity index (χ0) is 17.4. The van der Waals surface area contributed by atoms with E-state index in [2.05, 4.69) is 10.9 Å². The molecule has 0 saturated heterocycles. The molecule has 3 nitrogen and oxygen atoms in total. The molecule has 0 heterocycles. The predicted molar refractivity (Wildman–Crippen MR) is 83.4 cm³/mol. The quantitative estimate of drug-likeness (QED) is 0.636. The number of carbonyl (C=O) groups excluding carboxylic acids is 1. The summed E-state index contributed by atoms with van der Waals surface area (Å²) in [4.78, 5) is 12.3.